The molecular weight excluding hydrogens is 232 g/mol. The summed E-state index contributed by atoms with van der Waals surface area (Å²) in [7, 11) is 0. The van der Waals surface area contributed by atoms with Crippen molar-refractivity contribution < 1.29 is 0 Å². The average molecular weight is 239 g/mol. The Labute approximate surface area is 82.9 Å². The monoisotopic (exact) mass is 238 g/mol. The number of aromatic nitrogens is 2. The van der Waals surface area contributed by atoms with E-state index in [1.807, 2.05) is 6.07 Å². The molecule has 0 amide bonds. The molecule has 66 valence electrons. The molecule has 0 atom stereocenters. The van der Waals surface area contributed by atoms with Gasteiger partial charge in [-0.3, -0.25) is 9.78 Å². The van der Waals surface area contributed by atoms with Gasteiger partial charge in [0.15, 0.2) is 0 Å². The van der Waals surface area contributed by atoms with Crippen molar-refractivity contribution in [3.05, 3.63) is 38.7 Å². The molecule has 0 aliphatic heterocycles. The molecule has 2 aromatic rings. The van der Waals surface area contributed by atoms with Crippen molar-refractivity contribution >= 4 is 27.0 Å². The number of nitrogens with one attached hydrogen (secondary N) is 1. The minimum Gasteiger partial charge on any atom is -0.320 e. The Morgan fingerprint density at radius 3 is 3.00 bits per heavy atom. The number of rotatable bonds is 0. The molecule has 3 nitrogen and oxygen atoms in total. The lowest BCUT2D eigenvalue weighted by molar-refractivity contribution is 1.21. The first kappa shape index (κ1) is 8.44. The summed E-state index contributed by atoms with van der Waals surface area (Å²) in [6.45, 7) is 1.77. The molecule has 0 radical (unpaired) electrons. The van der Waals surface area contributed by atoms with Gasteiger partial charge < -0.3 is 4.98 Å². The van der Waals surface area contributed by atoms with Crippen LogP contribution in [0.5, 0.6) is 0 Å². The smallest absolute Gasteiger partial charge is 0.251 e. The number of pyridine rings is 2. The van der Waals surface area contributed by atoms with Crippen LogP contribution in [0.1, 0.15) is 5.56 Å². The summed E-state index contributed by atoms with van der Waals surface area (Å²) in [5, 5.41) is 0. The highest BCUT2D eigenvalue weighted by molar-refractivity contribution is 9.10. The van der Waals surface area contributed by atoms with Crippen LogP contribution in [0.25, 0.3) is 11.0 Å². The normalized spacial score (nSPS) is 10.6. The van der Waals surface area contributed by atoms with Crippen LogP contribution < -0.4 is 5.56 Å². The fraction of sp³-hybridized carbons (Fsp3) is 0.111. The highest BCUT2D eigenvalue weighted by Gasteiger charge is 1.99. The second-order valence-electron chi connectivity index (χ2n) is 2.87. The van der Waals surface area contributed by atoms with Crippen molar-refractivity contribution in [3.63, 3.8) is 0 Å². The lowest BCUT2D eigenvalue weighted by Crippen LogP contribution is -2.08. The molecule has 2 rings (SSSR count). The summed E-state index contributed by atoms with van der Waals surface area (Å²) >= 11 is 3.29. The van der Waals surface area contributed by atoms with Crippen LogP contribution in [0.15, 0.2) is 27.6 Å². The van der Waals surface area contributed by atoms with Gasteiger partial charge in [0.2, 0.25) is 0 Å². The Morgan fingerprint density at radius 1 is 1.46 bits per heavy atom. The van der Waals surface area contributed by atoms with E-state index in [1.54, 1.807) is 19.2 Å². The highest BCUT2D eigenvalue weighted by Crippen LogP contribution is 2.14. The first-order chi connectivity index (χ1) is 6.16. The largest absolute Gasteiger partial charge is 0.320 e. The van der Waals surface area contributed by atoms with Crippen molar-refractivity contribution in [1.29, 1.82) is 0 Å². The van der Waals surface area contributed by atoms with E-state index < -0.39 is 0 Å². The van der Waals surface area contributed by atoms with Gasteiger partial charge in [-0.25, -0.2) is 0 Å². The molecule has 0 fully saturated rings. The molecule has 4 heteroatoms. The van der Waals surface area contributed by atoms with Gasteiger partial charge in [0.05, 0.1) is 11.0 Å². The first-order valence-electron chi connectivity index (χ1n) is 3.82. The van der Waals surface area contributed by atoms with E-state index >= 15 is 0 Å². The van der Waals surface area contributed by atoms with Crippen LogP contribution in [0.3, 0.4) is 0 Å². The summed E-state index contributed by atoms with van der Waals surface area (Å²) in [4.78, 5) is 18.2. The minimum atomic E-state index is -0.0626. The molecule has 1 N–H and O–H groups in total. The summed E-state index contributed by atoms with van der Waals surface area (Å²) < 4.78 is 0.861. The zero-order chi connectivity index (χ0) is 9.42. The molecule has 2 aromatic heterocycles. The van der Waals surface area contributed by atoms with Gasteiger partial charge in [0.1, 0.15) is 0 Å². The summed E-state index contributed by atoms with van der Waals surface area (Å²) in [5.41, 5.74) is 2.18. The molecular formula is C9H7BrN2O. The number of halogens is 1. The third kappa shape index (κ3) is 1.49. The number of nitrogens with zero attached hydrogens (tertiary/aromatic N) is 1. The van der Waals surface area contributed by atoms with Gasteiger partial charge in [-0.2, -0.15) is 0 Å². The zero-order valence-corrected chi connectivity index (χ0v) is 8.55. The predicted molar refractivity (Wildman–Crippen MR) is 54.8 cm³/mol. The maximum Gasteiger partial charge on any atom is 0.251 e. The molecule has 2 heterocycles. The highest BCUT2D eigenvalue weighted by atomic mass is 79.9. The van der Waals surface area contributed by atoms with Crippen LogP contribution in [-0.4, -0.2) is 9.97 Å². The Balaban J connectivity index is 2.89. The zero-order valence-electron chi connectivity index (χ0n) is 6.97. The molecule has 0 aromatic carbocycles. The number of hydrogen-bond acceptors (Lipinski definition) is 2. The average Bonchev–Trinajstić information content (AvgIpc) is 2.08. The molecule has 0 spiro atoms. The maximum atomic E-state index is 11.2. The standard InChI is InChI=1S/C9H7BrN2O/c1-5-2-7-8(12-9(5)13)3-6(10)4-11-7/h2-4H,1H3,(H,12,13). The maximum absolute atomic E-state index is 11.2. The van der Waals surface area contributed by atoms with E-state index in [0.717, 1.165) is 15.5 Å². The fourth-order valence-electron chi connectivity index (χ4n) is 1.16. The molecule has 0 bridgehead atoms. The summed E-state index contributed by atoms with van der Waals surface area (Å²) in [5.74, 6) is 0. The van der Waals surface area contributed by atoms with Crippen molar-refractivity contribution in [2.24, 2.45) is 0 Å². The third-order valence-corrected chi connectivity index (χ3v) is 2.28. The number of aromatic amines is 1. The van der Waals surface area contributed by atoms with E-state index in [-0.39, 0.29) is 5.56 Å². The van der Waals surface area contributed by atoms with Crippen molar-refractivity contribution in [2.45, 2.75) is 6.92 Å². The molecule has 0 aliphatic rings. The van der Waals surface area contributed by atoms with Gasteiger partial charge in [0.25, 0.3) is 5.56 Å². The van der Waals surface area contributed by atoms with E-state index in [1.165, 1.54) is 0 Å². The van der Waals surface area contributed by atoms with Crippen LogP contribution in [-0.2, 0) is 0 Å². The van der Waals surface area contributed by atoms with Crippen molar-refractivity contribution in [2.75, 3.05) is 0 Å². The van der Waals surface area contributed by atoms with Crippen molar-refractivity contribution in [1.82, 2.24) is 9.97 Å². The molecule has 0 unspecified atom stereocenters. The third-order valence-electron chi connectivity index (χ3n) is 1.84. The SMILES string of the molecule is Cc1cc2ncc(Br)cc2[nH]c1=O. The number of fused-ring (bicyclic) bond motifs is 1. The Bertz CT molecular complexity index is 518. The lowest BCUT2D eigenvalue weighted by atomic mass is 10.2. The van der Waals surface area contributed by atoms with E-state index in [9.17, 15) is 4.79 Å². The van der Waals surface area contributed by atoms with Crippen LogP contribution >= 0.6 is 15.9 Å². The summed E-state index contributed by atoms with van der Waals surface area (Å²) in [6, 6.07) is 3.61. The number of hydrogen-bond donors (Lipinski definition) is 1. The molecule has 0 aliphatic carbocycles. The summed E-state index contributed by atoms with van der Waals surface area (Å²) in [6.07, 6.45) is 1.71. The van der Waals surface area contributed by atoms with E-state index in [2.05, 4.69) is 25.9 Å². The Morgan fingerprint density at radius 2 is 2.23 bits per heavy atom. The van der Waals surface area contributed by atoms with Gasteiger partial charge in [-0.05, 0) is 35.0 Å². The molecule has 0 saturated carbocycles. The van der Waals surface area contributed by atoms with Crippen LogP contribution in [0, 0.1) is 6.92 Å². The minimum absolute atomic E-state index is 0.0626. The van der Waals surface area contributed by atoms with Crippen LogP contribution in [0.4, 0.5) is 0 Å². The molecule has 13 heavy (non-hydrogen) atoms. The lowest BCUT2D eigenvalue weighted by Gasteiger charge is -1.98. The predicted octanol–water partition coefficient (Wildman–Crippen LogP) is 1.99. The molecule has 0 saturated heterocycles. The number of H-pyrrole nitrogens is 1. The Kier molecular flexibility index (Phi) is 1.92. The van der Waals surface area contributed by atoms with Gasteiger partial charge >= 0.3 is 0 Å². The quantitative estimate of drug-likeness (QED) is 0.764. The number of aryl methyl sites for hydroxylation is 1. The first-order valence-corrected chi connectivity index (χ1v) is 4.61. The van der Waals surface area contributed by atoms with Gasteiger partial charge in [-0.15, -0.1) is 0 Å². The van der Waals surface area contributed by atoms with Gasteiger partial charge in [0, 0.05) is 16.2 Å². The van der Waals surface area contributed by atoms with E-state index in [4.69, 9.17) is 0 Å². The fourth-order valence-corrected chi connectivity index (χ4v) is 1.49. The van der Waals surface area contributed by atoms with Crippen molar-refractivity contribution in [3.8, 4) is 0 Å². The topological polar surface area (TPSA) is 45.8 Å². The Hall–Kier alpha value is -1.16. The van der Waals surface area contributed by atoms with Gasteiger partial charge in [-0.1, -0.05) is 0 Å². The second-order valence-corrected chi connectivity index (χ2v) is 3.78. The van der Waals surface area contributed by atoms with E-state index in [0.29, 0.717) is 5.56 Å². The second kappa shape index (κ2) is 2.96. The van der Waals surface area contributed by atoms with Crippen LogP contribution in [0.2, 0.25) is 0 Å².